The molecule has 0 radical (unpaired) electrons. The van der Waals surface area contributed by atoms with E-state index in [0.717, 1.165) is 44.3 Å². The van der Waals surface area contributed by atoms with E-state index >= 15 is 0 Å². The van der Waals surface area contributed by atoms with Crippen molar-refractivity contribution in [3.63, 3.8) is 0 Å². The Morgan fingerprint density at radius 1 is 1.12 bits per heavy atom. The molecule has 1 unspecified atom stereocenters. The quantitative estimate of drug-likeness (QED) is 0.822. The van der Waals surface area contributed by atoms with Gasteiger partial charge in [0.05, 0.1) is 18.4 Å². The van der Waals surface area contributed by atoms with Gasteiger partial charge < -0.3 is 14.5 Å². The maximum atomic E-state index is 12.9. The normalized spacial score (nSPS) is 24.0. The van der Waals surface area contributed by atoms with Crippen LogP contribution < -0.4 is 0 Å². The Morgan fingerprint density at radius 3 is 2.64 bits per heavy atom. The Balaban J connectivity index is 1.59. The number of nitrogens with zero attached hydrogens (tertiary/aromatic N) is 2. The predicted octanol–water partition coefficient (Wildman–Crippen LogP) is 2.11. The minimum absolute atomic E-state index is 0.171. The Bertz CT molecular complexity index is 604. The van der Waals surface area contributed by atoms with Crippen molar-refractivity contribution in [2.45, 2.75) is 32.1 Å². The molecule has 3 rings (SSSR count). The predicted molar refractivity (Wildman–Crippen MR) is 96.1 cm³/mol. The topological polar surface area (TPSA) is 49.9 Å². The SMILES string of the molecule is COCCN1CCC2(CCCN(C(=O)Cc3ccccc3)CC2)C1=O. The molecule has 2 aliphatic rings. The first-order valence-electron chi connectivity index (χ1n) is 9.25. The van der Waals surface area contributed by atoms with Crippen LogP contribution in [0.3, 0.4) is 0 Å². The van der Waals surface area contributed by atoms with E-state index in [1.165, 1.54) is 0 Å². The second-order valence-electron chi connectivity index (χ2n) is 7.21. The number of rotatable bonds is 5. The highest BCUT2D eigenvalue weighted by atomic mass is 16.5. The minimum Gasteiger partial charge on any atom is -0.383 e. The van der Waals surface area contributed by atoms with Crippen molar-refractivity contribution >= 4 is 11.8 Å². The van der Waals surface area contributed by atoms with Gasteiger partial charge in [0.2, 0.25) is 11.8 Å². The number of carbonyl (C=O) groups excluding carboxylic acids is 2. The van der Waals surface area contributed by atoms with E-state index in [2.05, 4.69) is 0 Å². The lowest BCUT2D eigenvalue weighted by molar-refractivity contribution is -0.137. The molecular formula is C20H28N2O3. The summed E-state index contributed by atoms with van der Waals surface area (Å²) >= 11 is 0. The zero-order valence-corrected chi connectivity index (χ0v) is 15.1. The molecule has 1 aromatic rings. The second kappa shape index (κ2) is 8.00. The van der Waals surface area contributed by atoms with Crippen LogP contribution in [0.25, 0.3) is 0 Å². The van der Waals surface area contributed by atoms with Gasteiger partial charge in [-0.3, -0.25) is 9.59 Å². The fourth-order valence-corrected chi connectivity index (χ4v) is 4.10. The Labute approximate surface area is 149 Å². The summed E-state index contributed by atoms with van der Waals surface area (Å²) in [5.41, 5.74) is 0.796. The third-order valence-corrected chi connectivity index (χ3v) is 5.66. The number of benzene rings is 1. The molecule has 0 bridgehead atoms. The highest BCUT2D eigenvalue weighted by Gasteiger charge is 2.46. The van der Waals surface area contributed by atoms with Crippen LogP contribution >= 0.6 is 0 Å². The van der Waals surface area contributed by atoms with Crippen LogP contribution in [0.5, 0.6) is 0 Å². The summed E-state index contributed by atoms with van der Waals surface area (Å²) in [6.45, 7) is 3.53. The number of methoxy groups -OCH3 is 1. The lowest BCUT2D eigenvalue weighted by Crippen LogP contribution is -2.38. The molecule has 1 atom stereocenters. The molecule has 2 aliphatic heterocycles. The van der Waals surface area contributed by atoms with Crippen molar-refractivity contribution in [2.24, 2.45) is 5.41 Å². The van der Waals surface area contributed by atoms with Crippen LogP contribution in [0, 0.1) is 5.41 Å². The van der Waals surface area contributed by atoms with Gasteiger partial charge in [0.25, 0.3) is 0 Å². The summed E-state index contributed by atoms with van der Waals surface area (Å²) < 4.78 is 5.11. The van der Waals surface area contributed by atoms with Crippen LogP contribution in [0.2, 0.25) is 0 Å². The smallest absolute Gasteiger partial charge is 0.229 e. The molecule has 2 fully saturated rings. The summed E-state index contributed by atoms with van der Waals surface area (Å²) in [5, 5.41) is 0. The van der Waals surface area contributed by atoms with E-state index in [0.29, 0.717) is 26.1 Å². The van der Waals surface area contributed by atoms with Gasteiger partial charge in [-0.05, 0) is 31.2 Å². The number of ether oxygens (including phenoxy) is 1. The number of amides is 2. The molecule has 5 heteroatoms. The van der Waals surface area contributed by atoms with E-state index in [-0.39, 0.29) is 17.2 Å². The van der Waals surface area contributed by atoms with Gasteiger partial charge in [0, 0.05) is 33.3 Å². The molecule has 0 aromatic heterocycles. The molecule has 2 heterocycles. The maximum Gasteiger partial charge on any atom is 0.229 e. The molecule has 25 heavy (non-hydrogen) atoms. The monoisotopic (exact) mass is 344 g/mol. The Morgan fingerprint density at radius 2 is 1.88 bits per heavy atom. The second-order valence-corrected chi connectivity index (χ2v) is 7.21. The molecule has 0 saturated carbocycles. The average Bonchev–Trinajstić information content (AvgIpc) is 2.80. The van der Waals surface area contributed by atoms with Crippen LogP contribution in [0.15, 0.2) is 30.3 Å². The maximum absolute atomic E-state index is 12.9. The lowest BCUT2D eigenvalue weighted by atomic mass is 9.79. The zero-order chi connectivity index (χ0) is 17.7. The van der Waals surface area contributed by atoms with Gasteiger partial charge in [-0.25, -0.2) is 0 Å². The van der Waals surface area contributed by atoms with Crippen molar-refractivity contribution in [3.8, 4) is 0 Å². The van der Waals surface area contributed by atoms with Crippen molar-refractivity contribution in [3.05, 3.63) is 35.9 Å². The molecule has 136 valence electrons. The minimum atomic E-state index is -0.254. The third kappa shape index (κ3) is 4.03. The van der Waals surface area contributed by atoms with Crippen LogP contribution in [-0.2, 0) is 20.7 Å². The summed E-state index contributed by atoms with van der Waals surface area (Å²) in [7, 11) is 1.66. The number of hydrogen-bond donors (Lipinski definition) is 0. The highest BCUT2D eigenvalue weighted by Crippen LogP contribution is 2.41. The van der Waals surface area contributed by atoms with Crippen LogP contribution in [0.4, 0.5) is 0 Å². The largest absolute Gasteiger partial charge is 0.383 e. The fourth-order valence-electron chi connectivity index (χ4n) is 4.10. The van der Waals surface area contributed by atoms with Crippen molar-refractivity contribution in [2.75, 3.05) is 39.9 Å². The summed E-state index contributed by atoms with van der Waals surface area (Å²) in [5.74, 6) is 0.437. The average molecular weight is 344 g/mol. The van der Waals surface area contributed by atoms with E-state index in [1.54, 1.807) is 7.11 Å². The van der Waals surface area contributed by atoms with Gasteiger partial charge in [-0.15, -0.1) is 0 Å². The number of carbonyl (C=O) groups is 2. The van der Waals surface area contributed by atoms with E-state index in [4.69, 9.17) is 4.74 Å². The first kappa shape index (κ1) is 17.9. The van der Waals surface area contributed by atoms with Crippen LogP contribution in [-0.4, -0.2) is 61.5 Å². The zero-order valence-electron chi connectivity index (χ0n) is 15.1. The van der Waals surface area contributed by atoms with Gasteiger partial charge in [-0.1, -0.05) is 30.3 Å². The summed E-state index contributed by atoms with van der Waals surface area (Å²) in [6, 6.07) is 9.87. The third-order valence-electron chi connectivity index (χ3n) is 5.66. The highest BCUT2D eigenvalue weighted by molar-refractivity contribution is 5.85. The molecule has 0 aliphatic carbocycles. The van der Waals surface area contributed by atoms with E-state index < -0.39 is 0 Å². The van der Waals surface area contributed by atoms with Gasteiger partial charge >= 0.3 is 0 Å². The van der Waals surface area contributed by atoms with Crippen molar-refractivity contribution in [1.82, 2.24) is 9.80 Å². The lowest BCUT2D eigenvalue weighted by Gasteiger charge is -2.26. The van der Waals surface area contributed by atoms with Gasteiger partial charge in [0.15, 0.2) is 0 Å². The fraction of sp³-hybridized carbons (Fsp3) is 0.600. The van der Waals surface area contributed by atoms with Gasteiger partial charge in [0.1, 0.15) is 0 Å². The molecule has 1 aromatic carbocycles. The number of likely N-dealkylation sites (tertiary alicyclic amines) is 2. The first-order chi connectivity index (χ1) is 12.1. The van der Waals surface area contributed by atoms with Gasteiger partial charge in [-0.2, -0.15) is 0 Å². The Kier molecular flexibility index (Phi) is 5.74. The van der Waals surface area contributed by atoms with Crippen LogP contribution in [0.1, 0.15) is 31.2 Å². The van der Waals surface area contributed by atoms with E-state index in [1.807, 2.05) is 40.1 Å². The first-order valence-corrected chi connectivity index (χ1v) is 9.25. The molecule has 5 nitrogen and oxygen atoms in total. The molecular weight excluding hydrogens is 316 g/mol. The summed E-state index contributed by atoms with van der Waals surface area (Å²) in [4.78, 5) is 29.4. The van der Waals surface area contributed by atoms with E-state index in [9.17, 15) is 9.59 Å². The van der Waals surface area contributed by atoms with Crippen molar-refractivity contribution in [1.29, 1.82) is 0 Å². The number of hydrogen-bond acceptors (Lipinski definition) is 3. The molecule has 0 N–H and O–H groups in total. The summed E-state index contributed by atoms with van der Waals surface area (Å²) in [6.07, 6.45) is 3.95. The molecule has 2 amide bonds. The molecule has 2 saturated heterocycles. The Hall–Kier alpha value is -1.88. The van der Waals surface area contributed by atoms with Crippen molar-refractivity contribution < 1.29 is 14.3 Å². The molecule has 1 spiro atoms. The standard InChI is InChI=1S/C20H28N2O3/c1-25-15-14-22-13-10-20(19(22)24)8-5-11-21(12-9-20)18(23)16-17-6-3-2-4-7-17/h2-4,6-7H,5,8-16H2,1H3.